The van der Waals surface area contributed by atoms with E-state index in [0.29, 0.717) is 19.4 Å². The van der Waals surface area contributed by atoms with Crippen LogP contribution in [0.25, 0.3) is 11.1 Å². The van der Waals surface area contributed by atoms with Crippen molar-refractivity contribution in [1.82, 2.24) is 10.6 Å². The second-order valence-electron chi connectivity index (χ2n) is 10.3. The Morgan fingerprint density at radius 3 is 2.26 bits per heavy atom. The quantitative estimate of drug-likeness (QED) is 0.510. The highest BCUT2D eigenvalue weighted by molar-refractivity contribution is 5.80. The highest BCUT2D eigenvalue weighted by atomic mass is 16.5. The van der Waals surface area contributed by atoms with Gasteiger partial charge in [0.05, 0.1) is 5.41 Å². The number of alkyl carbamates (subject to hydrolysis) is 1. The summed E-state index contributed by atoms with van der Waals surface area (Å²) in [6, 6.07) is 16.3. The van der Waals surface area contributed by atoms with Gasteiger partial charge in [-0.15, -0.1) is 0 Å². The lowest BCUT2D eigenvalue weighted by atomic mass is 9.85. The maximum absolute atomic E-state index is 12.6. The number of hydrogen-bond donors (Lipinski definition) is 3. The molecule has 0 heterocycles. The molecule has 0 bridgehead atoms. The molecular weight excluding hydrogens is 444 g/mol. The first-order chi connectivity index (χ1) is 16.8. The first-order valence-electron chi connectivity index (χ1n) is 12.4. The lowest BCUT2D eigenvalue weighted by molar-refractivity contribution is -0.147. The third-order valence-corrected chi connectivity index (χ3v) is 7.34. The Balaban J connectivity index is 1.27. The number of carboxylic acids is 1. The van der Waals surface area contributed by atoms with Crippen LogP contribution in [0, 0.1) is 11.3 Å². The minimum atomic E-state index is -0.881. The number of nitrogens with one attached hydrogen (secondary N) is 2. The van der Waals surface area contributed by atoms with Crippen LogP contribution in [-0.4, -0.2) is 42.3 Å². The minimum Gasteiger partial charge on any atom is -0.481 e. The molecule has 2 atom stereocenters. The van der Waals surface area contributed by atoms with Gasteiger partial charge in [0.15, 0.2) is 0 Å². The molecule has 2 aliphatic carbocycles. The Bertz CT molecular complexity index is 1050. The molecule has 1 saturated carbocycles. The number of hydrogen-bond acceptors (Lipinski definition) is 4. The molecule has 0 aliphatic heterocycles. The summed E-state index contributed by atoms with van der Waals surface area (Å²) in [5.41, 5.74) is 3.83. The molecule has 7 nitrogen and oxygen atoms in total. The molecule has 0 saturated heterocycles. The average Bonchev–Trinajstić information content (AvgIpc) is 3.16. The highest BCUT2D eigenvalue weighted by Gasteiger charge is 2.32. The van der Waals surface area contributed by atoms with Gasteiger partial charge in [-0.05, 0) is 61.8 Å². The number of amides is 2. The van der Waals surface area contributed by atoms with E-state index in [4.69, 9.17) is 4.74 Å². The van der Waals surface area contributed by atoms with Crippen molar-refractivity contribution < 1.29 is 24.2 Å². The van der Waals surface area contributed by atoms with Crippen LogP contribution in [0.5, 0.6) is 0 Å². The van der Waals surface area contributed by atoms with Crippen molar-refractivity contribution in [2.45, 2.75) is 57.9 Å². The van der Waals surface area contributed by atoms with Crippen molar-refractivity contribution >= 4 is 18.0 Å². The number of carbonyl (C=O) groups is 3. The number of ether oxygens (including phenoxy) is 1. The predicted molar refractivity (Wildman–Crippen MR) is 133 cm³/mol. The Labute approximate surface area is 206 Å². The fourth-order valence-corrected chi connectivity index (χ4v) is 5.12. The Hall–Kier alpha value is -3.35. The summed E-state index contributed by atoms with van der Waals surface area (Å²) in [5, 5.41) is 15.0. The number of carboxylic acid groups (broad SMARTS) is 1. The number of rotatable bonds is 8. The zero-order chi connectivity index (χ0) is 25.0. The normalized spacial score (nSPS) is 19.4. The molecule has 0 aromatic heterocycles. The second kappa shape index (κ2) is 10.5. The van der Waals surface area contributed by atoms with E-state index in [0.717, 1.165) is 19.3 Å². The van der Waals surface area contributed by atoms with Crippen molar-refractivity contribution in [2.75, 3.05) is 13.2 Å². The van der Waals surface area contributed by atoms with E-state index in [2.05, 4.69) is 34.9 Å². The molecule has 3 N–H and O–H groups in total. The lowest BCUT2D eigenvalue weighted by Crippen LogP contribution is -2.43. The summed E-state index contributed by atoms with van der Waals surface area (Å²) in [7, 11) is 0. The topological polar surface area (TPSA) is 105 Å². The third-order valence-electron chi connectivity index (χ3n) is 7.34. The van der Waals surface area contributed by atoms with Gasteiger partial charge in [0.25, 0.3) is 0 Å². The number of benzene rings is 2. The van der Waals surface area contributed by atoms with Crippen LogP contribution in [0.15, 0.2) is 48.5 Å². The van der Waals surface area contributed by atoms with Crippen LogP contribution in [0.3, 0.4) is 0 Å². The summed E-state index contributed by atoms with van der Waals surface area (Å²) < 4.78 is 5.66. The molecule has 0 unspecified atom stereocenters. The van der Waals surface area contributed by atoms with Gasteiger partial charge in [0, 0.05) is 24.4 Å². The smallest absolute Gasteiger partial charge is 0.407 e. The second-order valence-corrected chi connectivity index (χ2v) is 10.3. The SMILES string of the molecule is CC(C)(CCNC(=O)[C@@H]1CCC[C@H](NC(=O)OCC2c3ccccc3-c3ccccc32)C1)C(=O)O. The van der Waals surface area contributed by atoms with Crippen LogP contribution < -0.4 is 10.6 Å². The van der Waals surface area contributed by atoms with Crippen LogP contribution in [-0.2, 0) is 14.3 Å². The molecule has 7 heteroatoms. The van der Waals surface area contributed by atoms with Gasteiger partial charge in [-0.25, -0.2) is 4.79 Å². The van der Waals surface area contributed by atoms with Crippen LogP contribution >= 0.6 is 0 Å². The first kappa shape index (κ1) is 24.8. The van der Waals surface area contributed by atoms with Crippen LogP contribution in [0.2, 0.25) is 0 Å². The summed E-state index contributed by atoms with van der Waals surface area (Å²) in [6.07, 6.45) is 2.87. The molecule has 2 amide bonds. The largest absolute Gasteiger partial charge is 0.481 e. The van der Waals surface area contributed by atoms with Crippen molar-refractivity contribution in [3.63, 3.8) is 0 Å². The third kappa shape index (κ3) is 5.66. The fourth-order valence-electron chi connectivity index (χ4n) is 5.12. The molecule has 0 radical (unpaired) electrons. The highest BCUT2D eigenvalue weighted by Crippen LogP contribution is 2.44. The van der Waals surface area contributed by atoms with E-state index < -0.39 is 17.5 Å². The summed E-state index contributed by atoms with van der Waals surface area (Å²) in [4.78, 5) is 36.5. The van der Waals surface area contributed by atoms with E-state index in [9.17, 15) is 19.5 Å². The standard InChI is InChI=1S/C28H34N2O5/c1-28(2,26(32)33)14-15-29-25(31)18-8-7-9-19(16-18)30-27(34)35-17-24-22-12-5-3-10-20(22)21-11-4-6-13-23(21)24/h3-6,10-13,18-19,24H,7-9,14-17H2,1-2H3,(H,29,31)(H,30,34)(H,32,33)/t18-,19+/m1/s1. The molecule has 1 fully saturated rings. The van der Waals surface area contributed by atoms with E-state index in [1.165, 1.54) is 22.3 Å². The lowest BCUT2D eigenvalue weighted by Gasteiger charge is -2.29. The van der Waals surface area contributed by atoms with Crippen molar-refractivity contribution in [3.05, 3.63) is 59.7 Å². The Morgan fingerprint density at radius 2 is 1.63 bits per heavy atom. The Morgan fingerprint density at radius 1 is 1.00 bits per heavy atom. The average molecular weight is 479 g/mol. The Kier molecular flexibility index (Phi) is 7.43. The van der Waals surface area contributed by atoms with Crippen molar-refractivity contribution in [2.24, 2.45) is 11.3 Å². The molecule has 2 aromatic carbocycles. The van der Waals surface area contributed by atoms with Gasteiger partial charge < -0.3 is 20.5 Å². The fraction of sp³-hybridized carbons (Fsp3) is 0.464. The molecule has 2 aliphatic rings. The first-order valence-corrected chi connectivity index (χ1v) is 12.4. The number of fused-ring (bicyclic) bond motifs is 3. The maximum Gasteiger partial charge on any atom is 0.407 e. The molecule has 4 rings (SSSR count). The van der Waals surface area contributed by atoms with E-state index >= 15 is 0 Å². The molecule has 2 aromatic rings. The predicted octanol–water partition coefficient (Wildman–Crippen LogP) is 4.70. The molecule has 0 spiro atoms. The van der Waals surface area contributed by atoms with E-state index in [1.54, 1.807) is 13.8 Å². The minimum absolute atomic E-state index is 0.00749. The van der Waals surface area contributed by atoms with Crippen LogP contribution in [0.4, 0.5) is 4.79 Å². The zero-order valence-corrected chi connectivity index (χ0v) is 20.4. The molecular formula is C28H34N2O5. The van der Waals surface area contributed by atoms with Gasteiger partial charge in [0.2, 0.25) is 5.91 Å². The maximum atomic E-state index is 12.6. The van der Waals surface area contributed by atoms with Gasteiger partial charge in [-0.2, -0.15) is 0 Å². The van der Waals surface area contributed by atoms with Crippen molar-refractivity contribution in [3.8, 4) is 11.1 Å². The monoisotopic (exact) mass is 478 g/mol. The van der Waals surface area contributed by atoms with Gasteiger partial charge >= 0.3 is 12.1 Å². The summed E-state index contributed by atoms with van der Waals surface area (Å²) in [6.45, 7) is 3.88. The van der Waals surface area contributed by atoms with Gasteiger partial charge in [-0.1, -0.05) is 55.0 Å². The summed E-state index contributed by atoms with van der Waals surface area (Å²) >= 11 is 0. The van der Waals surface area contributed by atoms with Gasteiger partial charge in [0.1, 0.15) is 6.61 Å². The van der Waals surface area contributed by atoms with Crippen LogP contribution in [0.1, 0.15) is 63.0 Å². The number of aliphatic carboxylic acids is 1. The van der Waals surface area contributed by atoms with E-state index in [1.807, 2.05) is 24.3 Å². The molecule has 35 heavy (non-hydrogen) atoms. The van der Waals surface area contributed by atoms with Gasteiger partial charge in [-0.3, -0.25) is 9.59 Å². The zero-order valence-electron chi connectivity index (χ0n) is 20.4. The van der Waals surface area contributed by atoms with Crippen molar-refractivity contribution in [1.29, 1.82) is 0 Å². The number of carbonyl (C=O) groups excluding carboxylic acids is 2. The van der Waals surface area contributed by atoms with E-state index in [-0.39, 0.29) is 30.4 Å². The summed E-state index contributed by atoms with van der Waals surface area (Å²) in [5.74, 6) is -1.15. The molecule has 186 valence electrons.